The third-order valence-corrected chi connectivity index (χ3v) is 5.21. The average molecular weight is 335 g/mol. The van der Waals surface area contributed by atoms with Crippen molar-refractivity contribution in [3.63, 3.8) is 0 Å². The summed E-state index contributed by atoms with van der Waals surface area (Å²) in [4.78, 5) is 14.5. The monoisotopic (exact) mass is 335 g/mol. The van der Waals surface area contributed by atoms with Gasteiger partial charge in [-0.15, -0.1) is 0 Å². The van der Waals surface area contributed by atoms with Crippen molar-refractivity contribution in [3.05, 3.63) is 28.8 Å². The van der Waals surface area contributed by atoms with Gasteiger partial charge in [-0.3, -0.25) is 4.79 Å². The van der Waals surface area contributed by atoms with Crippen LogP contribution in [0.1, 0.15) is 34.3 Å². The quantitative estimate of drug-likeness (QED) is 0.587. The number of nitrogens with zero attached hydrogens (tertiary/aromatic N) is 1. The van der Waals surface area contributed by atoms with Crippen molar-refractivity contribution < 1.29 is 26.4 Å². The highest BCUT2D eigenvalue weighted by Gasteiger charge is 2.40. The maximum Gasteiger partial charge on any atom is 0.417 e. The second-order valence-corrected chi connectivity index (χ2v) is 6.96. The van der Waals surface area contributed by atoms with Gasteiger partial charge in [0.25, 0.3) is 5.91 Å². The number of amides is 1. The number of benzene rings is 1. The third kappa shape index (κ3) is 2.78. The van der Waals surface area contributed by atoms with Gasteiger partial charge in [0.05, 0.1) is 21.8 Å². The fourth-order valence-electron chi connectivity index (χ4n) is 2.35. The molecule has 0 spiro atoms. The van der Waals surface area contributed by atoms with Gasteiger partial charge in [-0.05, 0) is 23.6 Å². The molecular weight excluding hydrogens is 323 g/mol. The summed E-state index contributed by atoms with van der Waals surface area (Å²) in [7, 11) is -3.73. The first-order chi connectivity index (χ1) is 9.93. The van der Waals surface area contributed by atoms with E-state index in [2.05, 4.69) is 4.99 Å². The minimum atomic E-state index is -4.84. The molecule has 0 aromatic heterocycles. The van der Waals surface area contributed by atoms with Crippen LogP contribution in [0, 0.1) is 0 Å². The molecule has 0 bridgehead atoms. The van der Waals surface area contributed by atoms with Crippen molar-refractivity contribution in [2.75, 3.05) is 5.75 Å². The molecule has 1 aromatic carbocycles. The number of nitrogens with two attached hydrogens (primary N) is 2. The molecule has 4 N–H and O–H groups in total. The van der Waals surface area contributed by atoms with Crippen molar-refractivity contribution in [1.29, 1.82) is 0 Å². The molecule has 6 nitrogen and oxygen atoms in total. The van der Waals surface area contributed by atoms with Gasteiger partial charge in [0, 0.05) is 0 Å². The van der Waals surface area contributed by atoms with E-state index >= 15 is 0 Å². The number of guanidine groups is 1. The van der Waals surface area contributed by atoms with Gasteiger partial charge in [0.15, 0.2) is 15.8 Å². The van der Waals surface area contributed by atoms with E-state index in [-0.39, 0.29) is 16.2 Å². The summed E-state index contributed by atoms with van der Waals surface area (Å²) in [5.74, 6) is -2.95. The van der Waals surface area contributed by atoms with E-state index in [9.17, 15) is 26.4 Å². The number of alkyl halides is 3. The molecule has 1 amide bonds. The van der Waals surface area contributed by atoms with Gasteiger partial charge in [-0.1, -0.05) is 6.92 Å². The Morgan fingerprint density at radius 1 is 1.32 bits per heavy atom. The van der Waals surface area contributed by atoms with Crippen LogP contribution in [0.3, 0.4) is 0 Å². The Hall–Kier alpha value is -2.10. The number of fused-ring (bicyclic) bond motifs is 1. The van der Waals surface area contributed by atoms with Gasteiger partial charge in [0.1, 0.15) is 0 Å². The second kappa shape index (κ2) is 4.97. The Kier molecular flexibility index (Phi) is 3.68. The number of halogens is 3. The number of aliphatic imine (C=N–C) groups is 1. The predicted molar refractivity (Wildman–Crippen MR) is 72.1 cm³/mol. The molecule has 0 saturated carbocycles. The van der Waals surface area contributed by atoms with Crippen molar-refractivity contribution in [1.82, 2.24) is 0 Å². The topological polar surface area (TPSA) is 116 Å². The number of hydrogen-bond acceptors (Lipinski definition) is 3. The van der Waals surface area contributed by atoms with Gasteiger partial charge < -0.3 is 11.5 Å². The fourth-order valence-corrected chi connectivity index (χ4v) is 4.28. The average Bonchev–Trinajstić information content (AvgIpc) is 2.56. The lowest BCUT2D eigenvalue weighted by Gasteiger charge is -2.13. The summed E-state index contributed by atoms with van der Waals surface area (Å²) >= 11 is 0. The molecule has 1 aromatic rings. The fraction of sp³-hybridized carbons (Fsp3) is 0.333. The largest absolute Gasteiger partial charge is 0.417 e. The Labute approximate surface area is 123 Å². The number of carbonyl (C=O) groups is 1. The van der Waals surface area contributed by atoms with E-state index in [0.717, 1.165) is 0 Å². The summed E-state index contributed by atoms with van der Waals surface area (Å²) in [6.45, 7) is 1.50. The molecular formula is C12H12F3N3O3S. The SMILES string of the molecule is CC1CS(=O)(=O)c2cc(C(=O)N=C(N)N)c(C(F)(F)F)cc21. The standard InChI is InChI=1S/C12H12F3N3O3S/c1-5-4-22(20,21)9-3-7(10(19)18-11(16)17)8(2-6(5)9)12(13,14)15/h2-3,5H,4H2,1H3,(H4,16,17,18,19). The molecule has 10 heteroatoms. The molecule has 1 heterocycles. The van der Waals surface area contributed by atoms with E-state index in [1.165, 1.54) is 6.92 Å². The Morgan fingerprint density at radius 2 is 1.91 bits per heavy atom. The van der Waals surface area contributed by atoms with Crippen LogP contribution in [0.2, 0.25) is 0 Å². The number of hydrogen-bond donors (Lipinski definition) is 2. The van der Waals surface area contributed by atoms with Gasteiger partial charge in [-0.25, -0.2) is 8.42 Å². The Bertz CT molecular complexity index is 781. The first-order valence-electron chi connectivity index (χ1n) is 6.05. The van der Waals surface area contributed by atoms with Crippen molar-refractivity contribution >= 4 is 21.7 Å². The van der Waals surface area contributed by atoms with Crippen LogP contribution in [-0.2, 0) is 16.0 Å². The molecule has 0 radical (unpaired) electrons. The van der Waals surface area contributed by atoms with Gasteiger partial charge >= 0.3 is 6.18 Å². The molecule has 0 saturated heterocycles. The molecule has 0 fully saturated rings. The molecule has 22 heavy (non-hydrogen) atoms. The number of carbonyl (C=O) groups excluding carboxylic acids is 1. The van der Waals surface area contributed by atoms with E-state index in [1.807, 2.05) is 0 Å². The molecule has 120 valence electrons. The summed E-state index contributed by atoms with van der Waals surface area (Å²) < 4.78 is 63.3. The van der Waals surface area contributed by atoms with Crippen LogP contribution >= 0.6 is 0 Å². The normalized spacial score (nSPS) is 19.5. The lowest BCUT2D eigenvalue weighted by Crippen LogP contribution is -2.25. The second-order valence-electron chi connectivity index (χ2n) is 4.96. The zero-order chi connectivity index (χ0) is 16.9. The van der Waals surface area contributed by atoms with E-state index in [4.69, 9.17) is 11.5 Å². The summed E-state index contributed by atoms with van der Waals surface area (Å²) in [6.07, 6.45) is -4.84. The Balaban J connectivity index is 2.78. The molecule has 1 atom stereocenters. The zero-order valence-corrected chi connectivity index (χ0v) is 12.1. The molecule has 1 aliphatic heterocycles. The van der Waals surface area contributed by atoms with Crippen molar-refractivity contribution in [2.45, 2.75) is 23.9 Å². The highest BCUT2D eigenvalue weighted by molar-refractivity contribution is 7.91. The Morgan fingerprint density at radius 3 is 2.41 bits per heavy atom. The maximum absolute atomic E-state index is 13.1. The summed E-state index contributed by atoms with van der Waals surface area (Å²) in [5.41, 5.74) is 7.86. The smallest absolute Gasteiger partial charge is 0.370 e. The predicted octanol–water partition coefficient (Wildman–Crippen LogP) is 1.01. The van der Waals surface area contributed by atoms with E-state index in [1.54, 1.807) is 0 Å². The van der Waals surface area contributed by atoms with Crippen LogP contribution in [0.4, 0.5) is 13.2 Å². The van der Waals surface area contributed by atoms with Crippen LogP contribution in [0.25, 0.3) is 0 Å². The number of sulfone groups is 1. The first-order valence-corrected chi connectivity index (χ1v) is 7.70. The first kappa shape index (κ1) is 16.3. The lowest BCUT2D eigenvalue weighted by molar-refractivity contribution is -0.138. The van der Waals surface area contributed by atoms with Gasteiger partial charge in [0.2, 0.25) is 0 Å². The molecule has 1 unspecified atom stereocenters. The van der Waals surface area contributed by atoms with Crippen LogP contribution < -0.4 is 11.5 Å². The highest BCUT2D eigenvalue weighted by atomic mass is 32.2. The molecule has 0 aliphatic carbocycles. The number of rotatable bonds is 1. The minimum absolute atomic E-state index is 0.0357. The maximum atomic E-state index is 13.1. The zero-order valence-electron chi connectivity index (χ0n) is 11.3. The van der Waals surface area contributed by atoms with E-state index < -0.39 is 44.9 Å². The van der Waals surface area contributed by atoms with Crippen LogP contribution in [0.15, 0.2) is 22.0 Å². The van der Waals surface area contributed by atoms with Crippen molar-refractivity contribution in [2.24, 2.45) is 16.5 Å². The van der Waals surface area contributed by atoms with Crippen LogP contribution in [-0.4, -0.2) is 26.0 Å². The minimum Gasteiger partial charge on any atom is -0.370 e. The molecule has 1 aliphatic rings. The lowest BCUT2D eigenvalue weighted by atomic mass is 9.96. The highest BCUT2D eigenvalue weighted by Crippen LogP contribution is 2.41. The summed E-state index contributed by atoms with van der Waals surface area (Å²) in [5, 5.41) is 0. The summed E-state index contributed by atoms with van der Waals surface area (Å²) in [6, 6.07) is 1.38. The van der Waals surface area contributed by atoms with E-state index in [0.29, 0.717) is 12.1 Å². The van der Waals surface area contributed by atoms with Crippen LogP contribution in [0.5, 0.6) is 0 Å². The van der Waals surface area contributed by atoms with Gasteiger partial charge in [-0.2, -0.15) is 18.2 Å². The van der Waals surface area contributed by atoms with Crippen molar-refractivity contribution in [3.8, 4) is 0 Å². The third-order valence-electron chi connectivity index (χ3n) is 3.25. The molecule has 2 rings (SSSR count).